The molecule has 0 saturated carbocycles. The minimum absolute atomic E-state index is 0.101. The highest BCUT2D eigenvalue weighted by Gasteiger charge is 2.12. The molecule has 0 aliphatic carbocycles. The lowest BCUT2D eigenvalue weighted by molar-refractivity contribution is 0.596. The van der Waals surface area contributed by atoms with Crippen LogP contribution in [0.2, 0.25) is 0 Å². The van der Waals surface area contributed by atoms with Gasteiger partial charge in [-0.3, -0.25) is 9.67 Å². The number of aromatic nitrogens is 6. The monoisotopic (exact) mass is 570 g/mol. The van der Waals surface area contributed by atoms with Crippen LogP contribution < -0.4 is 10.6 Å². The third kappa shape index (κ3) is 5.98. The van der Waals surface area contributed by atoms with Crippen molar-refractivity contribution in [1.82, 2.24) is 35.0 Å². The van der Waals surface area contributed by atoms with Crippen molar-refractivity contribution in [2.45, 2.75) is 13.1 Å². The lowest BCUT2D eigenvalue weighted by Gasteiger charge is -2.10. The SMILES string of the molecule is CS(=O)(=O)CCNCc1cnc(-c2cc3c(Nc4ccc5c(cnn5Cc5ccccc5)c4)ncnc3cn2)s1. The maximum atomic E-state index is 11.3. The molecule has 12 heteroatoms. The third-order valence-corrected chi connectivity index (χ3v) is 8.29. The molecule has 0 atom stereocenters. The van der Waals surface area contributed by atoms with Crippen LogP contribution in [0.3, 0.4) is 0 Å². The number of pyridine rings is 1. The van der Waals surface area contributed by atoms with Crippen molar-refractivity contribution in [3.63, 3.8) is 0 Å². The van der Waals surface area contributed by atoms with Crippen LogP contribution >= 0.6 is 11.3 Å². The zero-order chi connectivity index (χ0) is 27.5. The molecule has 0 radical (unpaired) electrons. The molecule has 6 rings (SSSR count). The molecular formula is C28H26N8O2S2. The van der Waals surface area contributed by atoms with E-state index in [0.717, 1.165) is 43.1 Å². The molecule has 0 spiro atoms. The van der Waals surface area contributed by atoms with E-state index in [-0.39, 0.29) is 5.75 Å². The number of sulfone groups is 1. The van der Waals surface area contributed by atoms with Gasteiger partial charge in [-0.25, -0.2) is 23.4 Å². The molecule has 4 heterocycles. The Hall–Kier alpha value is -4.26. The van der Waals surface area contributed by atoms with Crippen LogP contribution in [-0.2, 0) is 22.9 Å². The maximum absolute atomic E-state index is 11.3. The Kier molecular flexibility index (Phi) is 7.20. The molecule has 0 amide bonds. The van der Waals surface area contributed by atoms with Crippen molar-refractivity contribution in [2.24, 2.45) is 0 Å². The van der Waals surface area contributed by atoms with Gasteiger partial charge in [0.25, 0.3) is 0 Å². The average Bonchev–Trinajstić information content (AvgIpc) is 3.58. The summed E-state index contributed by atoms with van der Waals surface area (Å²) in [5.41, 5.74) is 4.58. The van der Waals surface area contributed by atoms with Gasteiger partial charge in [-0.2, -0.15) is 5.10 Å². The third-order valence-electron chi connectivity index (χ3n) is 6.32. The Balaban J connectivity index is 1.21. The molecule has 6 aromatic rings. The van der Waals surface area contributed by atoms with Crippen LogP contribution in [0.15, 0.2) is 79.5 Å². The van der Waals surface area contributed by atoms with Gasteiger partial charge in [0.05, 0.1) is 41.4 Å². The summed E-state index contributed by atoms with van der Waals surface area (Å²) in [5.74, 6) is 0.771. The summed E-state index contributed by atoms with van der Waals surface area (Å²) in [6.45, 7) is 1.64. The molecule has 0 fully saturated rings. The molecule has 0 saturated heterocycles. The quantitative estimate of drug-likeness (QED) is 0.230. The van der Waals surface area contributed by atoms with Crippen LogP contribution in [0.25, 0.3) is 32.5 Å². The number of benzene rings is 2. The van der Waals surface area contributed by atoms with Crippen LogP contribution in [0.4, 0.5) is 11.5 Å². The lowest BCUT2D eigenvalue weighted by Crippen LogP contribution is -2.21. The summed E-state index contributed by atoms with van der Waals surface area (Å²) >= 11 is 1.51. The summed E-state index contributed by atoms with van der Waals surface area (Å²) in [4.78, 5) is 19.0. The van der Waals surface area contributed by atoms with Gasteiger partial charge in [0.2, 0.25) is 0 Å². The molecular weight excluding hydrogens is 544 g/mol. The van der Waals surface area contributed by atoms with E-state index in [0.29, 0.717) is 25.5 Å². The smallest absolute Gasteiger partial charge is 0.148 e. The first-order valence-corrected chi connectivity index (χ1v) is 15.5. The Morgan fingerprint density at radius 2 is 1.82 bits per heavy atom. The number of hydrogen-bond donors (Lipinski definition) is 2. The highest BCUT2D eigenvalue weighted by molar-refractivity contribution is 7.90. The number of nitrogens with zero attached hydrogens (tertiary/aromatic N) is 6. The maximum Gasteiger partial charge on any atom is 0.148 e. The van der Waals surface area contributed by atoms with E-state index in [1.165, 1.54) is 29.5 Å². The highest BCUT2D eigenvalue weighted by Crippen LogP contribution is 2.30. The molecule has 0 unspecified atom stereocenters. The molecule has 4 aromatic heterocycles. The van der Waals surface area contributed by atoms with E-state index in [1.807, 2.05) is 41.2 Å². The van der Waals surface area contributed by atoms with E-state index in [9.17, 15) is 8.42 Å². The molecule has 10 nitrogen and oxygen atoms in total. The standard InChI is InChI=1S/C28H26N8O2S2/c1-40(37,38)10-9-29-14-22-15-31-28(39-22)24-12-23-25(16-30-24)32-18-33-27(23)35-21-7-8-26-20(11-21)13-34-36(26)17-19-5-3-2-4-6-19/h2-8,11-13,15-16,18,29H,9-10,14,17H2,1H3,(H,32,33,35). The zero-order valence-corrected chi connectivity index (χ0v) is 23.3. The average molecular weight is 571 g/mol. The Morgan fingerprint density at radius 1 is 0.950 bits per heavy atom. The van der Waals surface area contributed by atoms with Crippen molar-refractivity contribution in [3.05, 3.63) is 90.0 Å². The van der Waals surface area contributed by atoms with E-state index < -0.39 is 9.84 Å². The summed E-state index contributed by atoms with van der Waals surface area (Å²) < 4.78 is 24.6. The highest BCUT2D eigenvalue weighted by atomic mass is 32.2. The van der Waals surface area contributed by atoms with E-state index in [4.69, 9.17) is 0 Å². The fraction of sp³-hybridized carbons (Fsp3) is 0.179. The van der Waals surface area contributed by atoms with Crippen LogP contribution in [0.1, 0.15) is 10.4 Å². The minimum atomic E-state index is -2.99. The normalized spacial score (nSPS) is 11.8. The van der Waals surface area contributed by atoms with Gasteiger partial charge in [-0.1, -0.05) is 30.3 Å². The van der Waals surface area contributed by atoms with Gasteiger partial charge in [0.1, 0.15) is 27.0 Å². The first-order valence-electron chi connectivity index (χ1n) is 12.6. The van der Waals surface area contributed by atoms with E-state index in [2.05, 4.69) is 59.9 Å². The van der Waals surface area contributed by atoms with Crippen molar-refractivity contribution >= 4 is 54.5 Å². The molecule has 202 valence electrons. The molecule has 2 N–H and O–H groups in total. The fourth-order valence-electron chi connectivity index (χ4n) is 4.34. The number of thiazole rings is 1. The van der Waals surface area contributed by atoms with Gasteiger partial charge in [-0.15, -0.1) is 11.3 Å². The second kappa shape index (κ2) is 11.1. The largest absolute Gasteiger partial charge is 0.340 e. The Labute approximate surface area is 235 Å². The number of fused-ring (bicyclic) bond motifs is 2. The van der Waals surface area contributed by atoms with Crippen molar-refractivity contribution in [3.8, 4) is 10.7 Å². The minimum Gasteiger partial charge on any atom is -0.340 e. The molecule has 2 aromatic carbocycles. The number of hydrogen-bond acceptors (Lipinski definition) is 10. The summed E-state index contributed by atoms with van der Waals surface area (Å²) in [6.07, 6.45) is 8.13. The van der Waals surface area contributed by atoms with Gasteiger partial charge in [0, 0.05) is 46.9 Å². The fourth-order valence-corrected chi connectivity index (χ4v) is 5.70. The second-order valence-corrected chi connectivity index (χ2v) is 12.8. The number of anilines is 2. The summed E-state index contributed by atoms with van der Waals surface area (Å²) in [6, 6.07) is 18.3. The van der Waals surface area contributed by atoms with Crippen LogP contribution in [0.5, 0.6) is 0 Å². The number of nitrogens with one attached hydrogen (secondary N) is 2. The van der Waals surface area contributed by atoms with Gasteiger partial charge in [-0.05, 0) is 29.8 Å². The predicted molar refractivity (Wildman–Crippen MR) is 158 cm³/mol. The molecule has 0 aliphatic heterocycles. The van der Waals surface area contributed by atoms with Gasteiger partial charge in [0.15, 0.2) is 0 Å². The zero-order valence-electron chi connectivity index (χ0n) is 21.7. The summed E-state index contributed by atoms with van der Waals surface area (Å²) in [5, 5.41) is 13.8. The van der Waals surface area contributed by atoms with E-state index in [1.54, 1.807) is 12.4 Å². The van der Waals surface area contributed by atoms with Crippen molar-refractivity contribution < 1.29 is 8.42 Å². The first kappa shape index (κ1) is 26.0. The van der Waals surface area contributed by atoms with Gasteiger partial charge < -0.3 is 10.6 Å². The van der Waals surface area contributed by atoms with Crippen molar-refractivity contribution in [2.75, 3.05) is 23.9 Å². The Morgan fingerprint density at radius 3 is 2.67 bits per heavy atom. The van der Waals surface area contributed by atoms with Crippen LogP contribution in [0, 0.1) is 0 Å². The molecule has 0 bridgehead atoms. The molecule has 40 heavy (non-hydrogen) atoms. The second-order valence-electron chi connectivity index (χ2n) is 9.43. The lowest BCUT2D eigenvalue weighted by atomic mass is 10.2. The topological polar surface area (TPSA) is 128 Å². The Bertz CT molecular complexity index is 1900. The van der Waals surface area contributed by atoms with Gasteiger partial charge >= 0.3 is 0 Å². The predicted octanol–water partition coefficient (Wildman–Crippen LogP) is 4.42. The van der Waals surface area contributed by atoms with Crippen molar-refractivity contribution in [1.29, 1.82) is 0 Å². The van der Waals surface area contributed by atoms with E-state index >= 15 is 0 Å². The number of rotatable bonds is 10. The first-order chi connectivity index (χ1) is 19.4. The summed E-state index contributed by atoms with van der Waals surface area (Å²) in [7, 11) is -2.99. The van der Waals surface area contributed by atoms with Crippen LogP contribution in [-0.4, -0.2) is 56.7 Å². The molecule has 0 aliphatic rings.